The maximum Gasteiger partial charge on any atom is 0.254 e. The van der Waals surface area contributed by atoms with E-state index in [1.807, 2.05) is 66.7 Å². The van der Waals surface area contributed by atoms with Gasteiger partial charge in [-0.3, -0.25) is 24.2 Å². The molecule has 0 radical (unpaired) electrons. The number of hydrogen-bond acceptors (Lipinski definition) is 6. The fourth-order valence-electron chi connectivity index (χ4n) is 6.29. The zero-order valence-electron chi connectivity index (χ0n) is 27.3. The molecule has 4 aromatic rings. The van der Waals surface area contributed by atoms with Crippen LogP contribution in [-0.2, 0) is 20.8 Å². The molecule has 2 aliphatic rings. The summed E-state index contributed by atoms with van der Waals surface area (Å²) in [7, 11) is 0. The Balaban J connectivity index is 0.995. The normalized spacial score (nSPS) is 17.0. The van der Waals surface area contributed by atoms with Crippen LogP contribution in [0.5, 0.6) is 0 Å². The van der Waals surface area contributed by atoms with Gasteiger partial charge >= 0.3 is 0 Å². The maximum absolute atomic E-state index is 13.2. The molecule has 0 saturated carbocycles. The Morgan fingerprint density at radius 3 is 1.88 bits per heavy atom. The summed E-state index contributed by atoms with van der Waals surface area (Å²) in [4.78, 5) is 62.4. The zero-order valence-corrected chi connectivity index (χ0v) is 27.3. The molecule has 1 aromatic heterocycles. The topological polar surface area (TPSA) is 160 Å². The van der Waals surface area contributed by atoms with E-state index in [-0.39, 0.29) is 30.0 Å². The van der Waals surface area contributed by atoms with E-state index in [2.05, 4.69) is 25.6 Å². The van der Waals surface area contributed by atoms with Crippen molar-refractivity contribution < 1.29 is 19.2 Å². The van der Waals surface area contributed by atoms with Crippen LogP contribution in [0.4, 0.5) is 17.1 Å². The molecule has 2 fully saturated rings. The highest BCUT2D eigenvalue weighted by molar-refractivity contribution is 6.02. The van der Waals surface area contributed by atoms with Gasteiger partial charge in [-0.1, -0.05) is 59.7 Å². The summed E-state index contributed by atoms with van der Waals surface area (Å²) < 4.78 is 0. The molecule has 2 saturated heterocycles. The average molecular weight is 669 g/mol. The van der Waals surface area contributed by atoms with E-state index in [1.165, 1.54) is 0 Å². The van der Waals surface area contributed by atoms with Crippen molar-refractivity contribution in [1.29, 1.82) is 0 Å². The molecule has 0 bridgehead atoms. The average Bonchev–Trinajstić information content (AvgIpc) is 3.84. The minimum Gasteiger partial charge on any atom is -0.330 e. The Morgan fingerprint density at radius 2 is 1.34 bits per heavy atom. The van der Waals surface area contributed by atoms with Crippen LogP contribution < -0.4 is 10.6 Å². The smallest absolute Gasteiger partial charge is 0.254 e. The summed E-state index contributed by atoms with van der Waals surface area (Å²) in [6.07, 6.45) is 10.2. The first-order chi connectivity index (χ1) is 24.4. The van der Waals surface area contributed by atoms with Crippen molar-refractivity contribution in [2.75, 3.05) is 23.7 Å². The Hall–Kier alpha value is -6.26. The maximum atomic E-state index is 13.2. The lowest BCUT2D eigenvalue weighted by atomic mass is 10.1. The van der Waals surface area contributed by atoms with E-state index in [1.54, 1.807) is 52.5 Å². The Morgan fingerprint density at radius 1 is 0.780 bits per heavy atom. The molecule has 12 heteroatoms. The van der Waals surface area contributed by atoms with Crippen LogP contribution in [0, 0.1) is 0 Å². The summed E-state index contributed by atoms with van der Waals surface area (Å²) >= 11 is 0. The quantitative estimate of drug-likeness (QED) is 0.0840. The number of nitrogens with zero attached hydrogens (tertiary/aromatic N) is 6. The fourth-order valence-corrected chi connectivity index (χ4v) is 6.29. The van der Waals surface area contributed by atoms with Crippen molar-refractivity contribution in [2.45, 2.75) is 44.2 Å². The van der Waals surface area contributed by atoms with Crippen molar-refractivity contribution in [3.63, 3.8) is 0 Å². The molecule has 252 valence electrons. The van der Waals surface area contributed by atoms with Gasteiger partial charge in [-0.15, -0.1) is 0 Å². The largest absolute Gasteiger partial charge is 0.330 e. The molecule has 12 nitrogen and oxygen atoms in total. The minimum atomic E-state index is -0.580. The standard InChI is InChI=1S/C38H36N8O4/c39-44-43-32-19-13-29(14-20-32)38(50)46-23-3-6-34(46)37(49)42-31-17-11-27(12-18-31)8-7-26-9-15-30(16-10-26)41-36(48)33-5-2-22-45(33)35(47)24-28-4-1-21-40-25-28/h1,4,7-21,25,33-34H,2-3,5-6,22-24H2,(H,41,48)(H,42,49)/b8-7+/t33-,34-/m0/s1. The predicted molar refractivity (Wildman–Crippen MR) is 191 cm³/mol. The lowest BCUT2D eigenvalue weighted by molar-refractivity contribution is -0.136. The van der Waals surface area contributed by atoms with Crippen LogP contribution in [0.1, 0.15) is 52.7 Å². The van der Waals surface area contributed by atoms with Gasteiger partial charge < -0.3 is 20.4 Å². The molecular weight excluding hydrogens is 632 g/mol. The third-order valence-electron chi connectivity index (χ3n) is 8.87. The summed E-state index contributed by atoms with van der Waals surface area (Å²) in [6.45, 7) is 1.05. The number of aromatic nitrogens is 1. The molecule has 6 rings (SSSR count). The lowest BCUT2D eigenvalue weighted by Crippen LogP contribution is -2.43. The number of nitrogens with one attached hydrogen (secondary N) is 2. The van der Waals surface area contributed by atoms with Crippen LogP contribution in [0.15, 0.2) is 102 Å². The van der Waals surface area contributed by atoms with Crippen molar-refractivity contribution in [3.8, 4) is 0 Å². The van der Waals surface area contributed by atoms with E-state index in [0.29, 0.717) is 48.6 Å². The van der Waals surface area contributed by atoms with Gasteiger partial charge in [-0.05, 0) is 90.4 Å². The predicted octanol–water partition coefficient (Wildman–Crippen LogP) is 6.61. The van der Waals surface area contributed by atoms with Gasteiger partial charge in [0.15, 0.2) is 0 Å². The molecule has 3 heterocycles. The number of likely N-dealkylation sites (tertiary alicyclic amines) is 2. The van der Waals surface area contributed by atoms with Crippen LogP contribution in [-0.4, -0.2) is 63.6 Å². The highest BCUT2D eigenvalue weighted by atomic mass is 16.2. The second-order valence-corrected chi connectivity index (χ2v) is 12.2. The third-order valence-corrected chi connectivity index (χ3v) is 8.87. The molecule has 4 amide bonds. The molecule has 50 heavy (non-hydrogen) atoms. The van der Waals surface area contributed by atoms with Crippen LogP contribution in [0.3, 0.4) is 0 Å². The molecule has 2 atom stereocenters. The van der Waals surface area contributed by atoms with Gasteiger partial charge in [0.05, 0.1) is 6.42 Å². The first-order valence-electron chi connectivity index (χ1n) is 16.5. The number of amides is 4. The van der Waals surface area contributed by atoms with Crippen molar-refractivity contribution in [3.05, 3.63) is 130 Å². The van der Waals surface area contributed by atoms with Crippen LogP contribution >= 0.6 is 0 Å². The van der Waals surface area contributed by atoms with Gasteiger partial charge in [0.2, 0.25) is 17.7 Å². The molecular formula is C38H36N8O4. The number of carbonyl (C=O) groups excluding carboxylic acids is 4. The van der Waals surface area contributed by atoms with Crippen molar-refractivity contribution in [1.82, 2.24) is 14.8 Å². The molecule has 2 N–H and O–H groups in total. The Labute approximate surface area is 289 Å². The van der Waals surface area contributed by atoms with Gasteiger partial charge in [-0.2, -0.15) is 0 Å². The number of hydrogen-bond donors (Lipinski definition) is 2. The molecule has 0 unspecified atom stereocenters. The molecule has 3 aromatic carbocycles. The SMILES string of the molecule is [N-]=[N+]=Nc1ccc(C(=O)N2CCC[C@H]2C(=O)Nc2ccc(/C=C/c3ccc(NC(=O)[C@@H]4CCCN4C(=O)Cc4cccnc4)cc3)cc2)cc1. The summed E-state index contributed by atoms with van der Waals surface area (Å²) in [5.41, 5.74) is 13.4. The molecule has 2 aliphatic heterocycles. The fraction of sp³-hybridized carbons (Fsp3) is 0.237. The number of azide groups is 1. The van der Waals surface area contributed by atoms with E-state index in [4.69, 9.17) is 5.53 Å². The van der Waals surface area contributed by atoms with Gasteiger partial charge in [0.1, 0.15) is 12.1 Å². The van der Waals surface area contributed by atoms with Crippen LogP contribution in [0.2, 0.25) is 0 Å². The first-order valence-corrected chi connectivity index (χ1v) is 16.5. The van der Waals surface area contributed by atoms with Crippen LogP contribution in [0.25, 0.3) is 22.6 Å². The summed E-state index contributed by atoms with van der Waals surface area (Å²) in [5, 5.41) is 9.43. The lowest BCUT2D eigenvalue weighted by Gasteiger charge is -2.24. The highest BCUT2D eigenvalue weighted by Gasteiger charge is 2.35. The minimum absolute atomic E-state index is 0.0768. The molecule has 0 spiro atoms. The summed E-state index contributed by atoms with van der Waals surface area (Å²) in [5.74, 6) is -0.750. The van der Waals surface area contributed by atoms with E-state index >= 15 is 0 Å². The zero-order chi connectivity index (χ0) is 34.9. The first kappa shape index (κ1) is 33.6. The third kappa shape index (κ3) is 8.23. The van der Waals surface area contributed by atoms with Gasteiger partial charge in [0, 0.05) is 53.0 Å². The number of pyridine rings is 1. The Bertz CT molecular complexity index is 1920. The van der Waals surface area contributed by atoms with E-state index < -0.39 is 12.1 Å². The Kier molecular flexibility index (Phi) is 10.6. The number of carbonyl (C=O) groups is 4. The molecule has 0 aliphatic carbocycles. The number of benzene rings is 3. The van der Waals surface area contributed by atoms with E-state index in [9.17, 15) is 19.2 Å². The second kappa shape index (κ2) is 15.8. The van der Waals surface area contributed by atoms with E-state index in [0.717, 1.165) is 29.5 Å². The van der Waals surface area contributed by atoms with Crippen molar-refractivity contribution >= 4 is 52.8 Å². The summed E-state index contributed by atoms with van der Waals surface area (Å²) in [6, 6.07) is 23.8. The number of anilines is 2. The monoisotopic (exact) mass is 668 g/mol. The highest BCUT2D eigenvalue weighted by Crippen LogP contribution is 2.24. The van der Waals surface area contributed by atoms with Gasteiger partial charge in [0.25, 0.3) is 5.91 Å². The second-order valence-electron chi connectivity index (χ2n) is 12.2. The number of rotatable bonds is 10. The van der Waals surface area contributed by atoms with Crippen molar-refractivity contribution in [2.24, 2.45) is 5.11 Å². The van der Waals surface area contributed by atoms with Gasteiger partial charge in [-0.25, -0.2) is 0 Å².